The van der Waals surface area contributed by atoms with Gasteiger partial charge in [0.05, 0.1) is 0 Å². The summed E-state index contributed by atoms with van der Waals surface area (Å²) in [5, 5.41) is 6.09. The van der Waals surface area contributed by atoms with Crippen LogP contribution in [0.5, 0.6) is 0 Å². The van der Waals surface area contributed by atoms with Crippen molar-refractivity contribution in [2.24, 2.45) is 11.8 Å². The maximum absolute atomic E-state index is 9.71. The van der Waals surface area contributed by atoms with Crippen molar-refractivity contribution in [1.29, 1.82) is 0 Å². The molecule has 1 aliphatic carbocycles. The van der Waals surface area contributed by atoms with Gasteiger partial charge in [-0.25, -0.2) is 0 Å². The van der Waals surface area contributed by atoms with Gasteiger partial charge in [-0.15, -0.1) is 0 Å². The first kappa shape index (κ1) is 14.5. The number of carbonyl (C=O) groups is 1. The van der Waals surface area contributed by atoms with Crippen molar-refractivity contribution in [1.82, 2.24) is 10.6 Å². The van der Waals surface area contributed by atoms with Gasteiger partial charge >= 0.3 is 0 Å². The Morgan fingerprint density at radius 3 is 2.24 bits per heavy atom. The lowest BCUT2D eigenvalue weighted by atomic mass is 9.76. The van der Waals surface area contributed by atoms with Crippen LogP contribution in [0, 0.1) is 11.8 Å². The first-order valence-electron chi connectivity index (χ1n) is 6.95. The van der Waals surface area contributed by atoms with E-state index in [0.29, 0.717) is 6.41 Å². The third-order valence-corrected chi connectivity index (χ3v) is 3.66. The summed E-state index contributed by atoms with van der Waals surface area (Å²) in [6, 6.07) is 0. The van der Waals surface area contributed by atoms with Crippen LogP contribution in [0.3, 0.4) is 0 Å². The van der Waals surface area contributed by atoms with E-state index in [0.717, 1.165) is 11.8 Å². The largest absolute Gasteiger partial charge is 0.354 e. The summed E-state index contributed by atoms with van der Waals surface area (Å²) in [5.41, 5.74) is -0.0677. The van der Waals surface area contributed by atoms with Crippen LogP contribution in [0.1, 0.15) is 52.9 Å². The summed E-state index contributed by atoms with van der Waals surface area (Å²) in [7, 11) is 0. The van der Waals surface area contributed by atoms with Gasteiger partial charge in [0.25, 0.3) is 0 Å². The molecular weight excluding hydrogens is 212 g/mol. The zero-order valence-electron chi connectivity index (χ0n) is 11.6. The number of amides is 1. The Kier molecular flexibility index (Phi) is 5.96. The van der Waals surface area contributed by atoms with Gasteiger partial charge in [-0.1, -0.05) is 19.3 Å². The number of nitrogens with one attached hydrogen (secondary N) is 2. The highest BCUT2D eigenvalue weighted by molar-refractivity contribution is 5.47. The number of hydrogen-bond donors (Lipinski definition) is 2. The lowest BCUT2D eigenvalue weighted by Crippen LogP contribution is -2.38. The van der Waals surface area contributed by atoms with Crippen LogP contribution in [-0.2, 0) is 4.79 Å². The third kappa shape index (κ3) is 6.06. The molecule has 0 aromatic rings. The normalized spacial score (nSPS) is 28.4. The zero-order valence-corrected chi connectivity index (χ0v) is 11.6. The minimum atomic E-state index is -0.0677. The molecule has 17 heavy (non-hydrogen) atoms. The van der Waals surface area contributed by atoms with Crippen LogP contribution in [-0.4, -0.2) is 25.0 Å². The van der Waals surface area contributed by atoms with E-state index in [1.54, 1.807) is 0 Å². The molecule has 100 valence electrons. The monoisotopic (exact) mass is 240 g/mol. The van der Waals surface area contributed by atoms with Crippen LogP contribution in [0.4, 0.5) is 0 Å². The van der Waals surface area contributed by atoms with Crippen molar-refractivity contribution < 1.29 is 4.79 Å². The molecule has 3 nitrogen and oxygen atoms in total. The van der Waals surface area contributed by atoms with Crippen LogP contribution in [0.15, 0.2) is 0 Å². The van der Waals surface area contributed by atoms with Crippen LogP contribution in [0.25, 0.3) is 0 Å². The molecule has 0 bridgehead atoms. The lowest BCUT2D eigenvalue weighted by Gasteiger charge is -2.35. The second-order valence-corrected chi connectivity index (χ2v) is 6.31. The summed E-state index contributed by atoms with van der Waals surface area (Å²) in [4.78, 5) is 9.71. The van der Waals surface area contributed by atoms with E-state index >= 15 is 0 Å². The number of hydrogen-bond acceptors (Lipinski definition) is 2. The first-order chi connectivity index (χ1) is 8.03. The second-order valence-electron chi connectivity index (χ2n) is 6.31. The summed E-state index contributed by atoms with van der Waals surface area (Å²) < 4.78 is 0. The van der Waals surface area contributed by atoms with Gasteiger partial charge in [0.15, 0.2) is 0 Å². The molecule has 3 heteroatoms. The summed E-state index contributed by atoms with van der Waals surface area (Å²) >= 11 is 0. The number of rotatable bonds is 1. The van der Waals surface area contributed by atoms with Crippen molar-refractivity contribution in [3.05, 3.63) is 0 Å². The lowest BCUT2D eigenvalue weighted by molar-refractivity contribution is -0.110. The average Bonchev–Trinajstić information content (AvgIpc) is 2.28. The minimum absolute atomic E-state index is 0.0677. The average molecular weight is 240 g/mol. The molecular formula is C14H28N2O. The quantitative estimate of drug-likeness (QED) is 0.691. The van der Waals surface area contributed by atoms with Crippen LogP contribution in [0.2, 0.25) is 0 Å². The molecule has 0 aromatic carbocycles. The number of fused-ring (bicyclic) bond motifs is 1. The van der Waals surface area contributed by atoms with Crippen LogP contribution < -0.4 is 10.6 Å². The minimum Gasteiger partial charge on any atom is -0.354 e. The molecule has 1 saturated carbocycles. The zero-order chi connectivity index (χ0) is 12.7. The van der Waals surface area contributed by atoms with Crippen molar-refractivity contribution >= 4 is 6.41 Å². The Hall–Kier alpha value is -0.570. The Bertz CT molecular complexity index is 197. The van der Waals surface area contributed by atoms with E-state index in [2.05, 4.69) is 10.6 Å². The molecule has 1 heterocycles. The van der Waals surface area contributed by atoms with Crippen molar-refractivity contribution in [2.45, 2.75) is 58.4 Å². The predicted octanol–water partition coefficient (Wildman–Crippen LogP) is 2.32. The molecule has 0 aromatic heterocycles. The van der Waals surface area contributed by atoms with Gasteiger partial charge in [0, 0.05) is 5.54 Å². The smallest absolute Gasteiger partial charge is 0.207 e. The highest BCUT2D eigenvalue weighted by atomic mass is 16.1. The molecule has 2 aliphatic rings. The van der Waals surface area contributed by atoms with Gasteiger partial charge in [0.2, 0.25) is 6.41 Å². The van der Waals surface area contributed by atoms with Gasteiger partial charge in [-0.05, 0) is 58.5 Å². The second kappa shape index (κ2) is 7.00. The summed E-state index contributed by atoms with van der Waals surface area (Å²) in [6.07, 6.45) is 8.17. The Morgan fingerprint density at radius 1 is 1.12 bits per heavy atom. The highest BCUT2D eigenvalue weighted by Crippen LogP contribution is 2.33. The molecule has 2 fully saturated rings. The maximum Gasteiger partial charge on any atom is 0.207 e. The van der Waals surface area contributed by atoms with E-state index in [1.165, 1.54) is 45.2 Å². The fourth-order valence-electron chi connectivity index (χ4n) is 2.68. The molecule has 2 N–H and O–H groups in total. The van der Waals surface area contributed by atoms with Crippen molar-refractivity contribution in [3.8, 4) is 0 Å². The highest BCUT2D eigenvalue weighted by Gasteiger charge is 2.26. The van der Waals surface area contributed by atoms with E-state index in [1.807, 2.05) is 20.8 Å². The van der Waals surface area contributed by atoms with Crippen molar-refractivity contribution in [2.75, 3.05) is 13.1 Å². The van der Waals surface area contributed by atoms with Gasteiger partial charge in [0.1, 0.15) is 0 Å². The SMILES string of the molecule is C1CCC2CNCCC2C1.CC(C)(C)NC=O. The Balaban J connectivity index is 0.000000185. The molecule has 1 aliphatic heterocycles. The van der Waals surface area contributed by atoms with E-state index in [9.17, 15) is 4.79 Å². The van der Waals surface area contributed by atoms with Crippen molar-refractivity contribution in [3.63, 3.8) is 0 Å². The van der Waals surface area contributed by atoms with E-state index < -0.39 is 0 Å². The summed E-state index contributed by atoms with van der Waals surface area (Å²) in [6.45, 7) is 8.38. The van der Waals surface area contributed by atoms with Gasteiger partial charge in [-0.3, -0.25) is 4.79 Å². The van der Waals surface area contributed by atoms with Gasteiger partial charge < -0.3 is 10.6 Å². The van der Waals surface area contributed by atoms with Crippen LogP contribution >= 0.6 is 0 Å². The number of piperidine rings is 1. The standard InChI is InChI=1S/C9H17N.C5H11NO/c1-2-4-9-7-10-6-5-8(9)3-1;1-5(2,3)6-4-7/h8-10H,1-7H2;4H,1-3H3,(H,6,7). The molecule has 1 amide bonds. The maximum atomic E-state index is 9.71. The Morgan fingerprint density at radius 2 is 1.76 bits per heavy atom. The summed E-state index contributed by atoms with van der Waals surface area (Å²) in [5.74, 6) is 2.14. The Labute approximate surface area is 106 Å². The fourth-order valence-corrected chi connectivity index (χ4v) is 2.68. The third-order valence-electron chi connectivity index (χ3n) is 3.66. The molecule has 2 atom stereocenters. The van der Waals surface area contributed by atoms with Gasteiger partial charge in [-0.2, -0.15) is 0 Å². The molecule has 2 rings (SSSR count). The number of carbonyl (C=O) groups excluding carboxylic acids is 1. The first-order valence-corrected chi connectivity index (χ1v) is 6.95. The van der Waals surface area contributed by atoms with E-state index in [4.69, 9.17) is 0 Å². The topological polar surface area (TPSA) is 41.1 Å². The molecule has 0 spiro atoms. The predicted molar refractivity (Wildman–Crippen MR) is 71.9 cm³/mol. The van der Waals surface area contributed by atoms with E-state index in [-0.39, 0.29) is 5.54 Å². The molecule has 1 saturated heterocycles. The fraction of sp³-hybridized carbons (Fsp3) is 0.929. The molecule has 2 unspecified atom stereocenters. The molecule has 0 radical (unpaired) electrons.